The summed E-state index contributed by atoms with van der Waals surface area (Å²) in [6.45, 7) is 5.70. The Morgan fingerprint density at radius 3 is 2.22 bits per heavy atom. The van der Waals surface area contributed by atoms with Crippen molar-refractivity contribution in [2.75, 3.05) is 0 Å². The summed E-state index contributed by atoms with van der Waals surface area (Å²) in [5.74, 6) is 0.467. The van der Waals surface area contributed by atoms with Crippen LogP contribution in [0.4, 0.5) is 13.2 Å². The molecule has 0 saturated carbocycles. The lowest BCUT2D eigenvalue weighted by atomic mass is 9.95. The average Bonchev–Trinajstić information content (AvgIpc) is 2.24. The molecular weight excluding hydrogens is 241 g/mol. The van der Waals surface area contributed by atoms with E-state index < -0.39 is 17.8 Å². The molecule has 0 aliphatic rings. The van der Waals surface area contributed by atoms with Crippen molar-refractivity contribution in [2.45, 2.75) is 45.9 Å². The Kier molecular flexibility index (Phi) is 4.79. The Balaban J connectivity index is 2.85. The maximum absolute atomic E-state index is 12.5. The van der Waals surface area contributed by atoms with E-state index >= 15 is 0 Å². The van der Waals surface area contributed by atoms with Crippen LogP contribution in [0.5, 0.6) is 0 Å². The molecule has 0 spiro atoms. The first-order valence-electron chi connectivity index (χ1n) is 6.07. The number of alkyl halides is 3. The van der Waals surface area contributed by atoms with Crippen molar-refractivity contribution in [1.29, 1.82) is 0 Å². The van der Waals surface area contributed by atoms with Gasteiger partial charge in [0.2, 0.25) is 0 Å². The van der Waals surface area contributed by atoms with Crippen molar-refractivity contribution in [3.8, 4) is 0 Å². The van der Waals surface area contributed by atoms with Crippen molar-refractivity contribution < 1.29 is 18.3 Å². The van der Waals surface area contributed by atoms with Crippen LogP contribution in [-0.2, 0) is 6.18 Å². The molecule has 0 fully saturated rings. The summed E-state index contributed by atoms with van der Waals surface area (Å²) >= 11 is 0. The van der Waals surface area contributed by atoms with E-state index in [0.29, 0.717) is 23.5 Å². The van der Waals surface area contributed by atoms with Gasteiger partial charge in [0.15, 0.2) is 0 Å². The van der Waals surface area contributed by atoms with E-state index in [1.807, 2.05) is 13.8 Å². The van der Waals surface area contributed by atoms with Crippen molar-refractivity contribution in [3.05, 3.63) is 34.9 Å². The van der Waals surface area contributed by atoms with Gasteiger partial charge < -0.3 is 5.11 Å². The van der Waals surface area contributed by atoms with E-state index in [0.717, 1.165) is 18.6 Å². The second kappa shape index (κ2) is 5.74. The van der Waals surface area contributed by atoms with E-state index in [-0.39, 0.29) is 0 Å². The molecule has 0 amide bonds. The van der Waals surface area contributed by atoms with Crippen LogP contribution in [0.25, 0.3) is 0 Å². The van der Waals surface area contributed by atoms with Gasteiger partial charge in [-0.2, -0.15) is 13.2 Å². The van der Waals surface area contributed by atoms with Crippen molar-refractivity contribution >= 4 is 0 Å². The smallest absolute Gasteiger partial charge is 0.388 e. The van der Waals surface area contributed by atoms with E-state index in [9.17, 15) is 18.3 Å². The van der Waals surface area contributed by atoms with Gasteiger partial charge in [-0.15, -0.1) is 0 Å². The van der Waals surface area contributed by atoms with Crippen LogP contribution in [0, 0.1) is 12.8 Å². The summed E-state index contributed by atoms with van der Waals surface area (Å²) < 4.78 is 37.5. The number of hydrogen-bond acceptors (Lipinski definition) is 1. The molecule has 1 unspecified atom stereocenters. The number of aliphatic hydroxyl groups is 1. The Labute approximate surface area is 106 Å². The molecule has 1 rings (SSSR count). The molecule has 0 aliphatic heterocycles. The van der Waals surface area contributed by atoms with Gasteiger partial charge in [0.25, 0.3) is 0 Å². The van der Waals surface area contributed by atoms with E-state index in [2.05, 4.69) is 0 Å². The van der Waals surface area contributed by atoms with Crippen LogP contribution in [-0.4, -0.2) is 5.11 Å². The quantitative estimate of drug-likeness (QED) is 0.846. The molecule has 0 radical (unpaired) electrons. The molecule has 1 aromatic rings. The highest BCUT2D eigenvalue weighted by atomic mass is 19.4. The summed E-state index contributed by atoms with van der Waals surface area (Å²) in [7, 11) is 0. The molecule has 1 aromatic carbocycles. The van der Waals surface area contributed by atoms with Gasteiger partial charge in [0.1, 0.15) is 0 Å². The summed E-state index contributed by atoms with van der Waals surface area (Å²) in [6, 6.07) is 3.50. The molecule has 1 N–H and O–H groups in total. The largest absolute Gasteiger partial charge is 0.416 e. The minimum atomic E-state index is -4.33. The number of rotatable bonds is 4. The zero-order valence-electron chi connectivity index (χ0n) is 10.9. The fourth-order valence-corrected chi connectivity index (χ4v) is 1.87. The van der Waals surface area contributed by atoms with Gasteiger partial charge in [-0.05, 0) is 48.9 Å². The van der Waals surface area contributed by atoms with Gasteiger partial charge in [-0.1, -0.05) is 19.9 Å². The van der Waals surface area contributed by atoms with Crippen LogP contribution in [0.3, 0.4) is 0 Å². The highest BCUT2D eigenvalue weighted by Gasteiger charge is 2.30. The fraction of sp³-hybridized carbons (Fsp3) is 0.571. The zero-order valence-corrected chi connectivity index (χ0v) is 10.9. The first-order chi connectivity index (χ1) is 8.21. The number of benzene rings is 1. The van der Waals surface area contributed by atoms with Crippen LogP contribution in [0.1, 0.15) is 49.5 Å². The second-order valence-electron chi connectivity index (χ2n) is 5.06. The molecule has 102 valence electrons. The van der Waals surface area contributed by atoms with Crippen LogP contribution in [0.15, 0.2) is 18.2 Å². The molecule has 18 heavy (non-hydrogen) atoms. The number of hydrogen-bond donors (Lipinski definition) is 1. The number of aliphatic hydroxyl groups excluding tert-OH is 1. The highest BCUT2D eigenvalue weighted by molar-refractivity contribution is 5.33. The Morgan fingerprint density at radius 2 is 1.78 bits per heavy atom. The molecule has 0 bridgehead atoms. The Hall–Kier alpha value is -1.03. The SMILES string of the molecule is Cc1cc(C(F)(F)F)ccc1C(O)CCC(C)C. The normalized spacial score (nSPS) is 14.0. The predicted molar refractivity (Wildman–Crippen MR) is 65.2 cm³/mol. The monoisotopic (exact) mass is 260 g/mol. The van der Waals surface area contributed by atoms with E-state index in [4.69, 9.17) is 0 Å². The van der Waals surface area contributed by atoms with Gasteiger partial charge in [-0.25, -0.2) is 0 Å². The van der Waals surface area contributed by atoms with Crippen LogP contribution in [0.2, 0.25) is 0 Å². The maximum atomic E-state index is 12.5. The topological polar surface area (TPSA) is 20.2 Å². The molecule has 4 heteroatoms. The summed E-state index contributed by atoms with van der Waals surface area (Å²) in [6.07, 6.45) is -3.59. The van der Waals surface area contributed by atoms with E-state index in [1.54, 1.807) is 6.92 Å². The Morgan fingerprint density at radius 1 is 1.17 bits per heavy atom. The minimum Gasteiger partial charge on any atom is -0.388 e. The number of aryl methyl sites for hydroxylation is 1. The predicted octanol–water partition coefficient (Wildman–Crippen LogP) is 4.48. The van der Waals surface area contributed by atoms with Crippen molar-refractivity contribution in [1.82, 2.24) is 0 Å². The molecule has 1 atom stereocenters. The van der Waals surface area contributed by atoms with Gasteiger partial charge >= 0.3 is 6.18 Å². The second-order valence-corrected chi connectivity index (χ2v) is 5.06. The maximum Gasteiger partial charge on any atom is 0.416 e. The molecular formula is C14H19F3O. The first kappa shape index (κ1) is 15.0. The fourth-order valence-electron chi connectivity index (χ4n) is 1.87. The lowest BCUT2D eigenvalue weighted by Gasteiger charge is -2.16. The lowest BCUT2D eigenvalue weighted by molar-refractivity contribution is -0.137. The summed E-state index contributed by atoms with van der Waals surface area (Å²) in [5.41, 5.74) is 0.407. The molecule has 0 saturated heterocycles. The lowest BCUT2D eigenvalue weighted by Crippen LogP contribution is -2.08. The Bertz CT molecular complexity index is 397. The number of halogens is 3. The van der Waals surface area contributed by atoms with Gasteiger partial charge in [-0.3, -0.25) is 0 Å². The summed E-state index contributed by atoms with van der Waals surface area (Å²) in [4.78, 5) is 0. The van der Waals surface area contributed by atoms with Gasteiger partial charge in [0, 0.05) is 0 Å². The average molecular weight is 260 g/mol. The highest BCUT2D eigenvalue weighted by Crippen LogP contribution is 2.32. The molecule has 0 aliphatic carbocycles. The molecule has 0 aromatic heterocycles. The molecule has 1 nitrogen and oxygen atoms in total. The van der Waals surface area contributed by atoms with Gasteiger partial charge in [0.05, 0.1) is 11.7 Å². The third kappa shape index (κ3) is 4.02. The third-order valence-electron chi connectivity index (χ3n) is 2.97. The van der Waals surface area contributed by atoms with Crippen LogP contribution < -0.4 is 0 Å². The first-order valence-corrected chi connectivity index (χ1v) is 6.07. The standard InChI is InChI=1S/C14H19F3O/c1-9(2)4-7-13(18)12-6-5-11(8-10(12)3)14(15,16)17/h5-6,8-9,13,18H,4,7H2,1-3H3. The minimum absolute atomic E-state index is 0.467. The zero-order chi connectivity index (χ0) is 13.9. The molecule has 0 heterocycles. The van der Waals surface area contributed by atoms with Crippen molar-refractivity contribution in [3.63, 3.8) is 0 Å². The van der Waals surface area contributed by atoms with Crippen LogP contribution >= 0.6 is 0 Å². The van der Waals surface area contributed by atoms with E-state index in [1.165, 1.54) is 6.07 Å². The summed E-state index contributed by atoms with van der Waals surface area (Å²) in [5, 5.41) is 9.96. The van der Waals surface area contributed by atoms with Crippen molar-refractivity contribution in [2.24, 2.45) is 5.92 Å². The third-order valence-corrected chi connectivity index (χ3v) is 2.97.